The van der Waals surface area contributed by atoms with Gasteiger partial charge in [0.25, 0.3) is 0 Å². The molecule has 0 saturated carbocycles. The third-order valence-corrected chi connectivity index (χ3v) is 3.36. The minimum absolute atomic E-state index is 0.123. The molecule has 5 heteroatoms. The minimum Gasteiger partial charge on any atom is -0.380 e. The molecule has 19 heavy (non-hydrogen) atoms. The van der Waals surface area contributed by atoms with Crippen LogP contribution in [0.4, 0.5) is 18.9 Å². The fourth-order valence-electron chi connectivity index (χ4n) is 1.75. The second kappa shape index (κ2) is 5.65. The van der Waals surface area contributed by atoms with E-state index in [4.69, 9.17) is 0 Å². The van der Waals surface area contributed by atoms with E-state index in [2.05, 4.69) is 21.2 Å². The van der Waals surface area contributed by atoms with Gasteiger partial charge in [-0.1, -0.05) is 30.3 Å². The van der Waals surface area contributed by atoms with Gasteiger partial charge in [-0.15, -0.1) is 0 Å². The number of alkyl halides is 3. The van der Waals surface area contributed by atoms with Gasteiger partial charge in [0.2, 0.25) is 0 Å². The topological polar surface area (TPSA) is 12.0 Å². The molecule has 0 fully saturated rings. The molecule has 2 aromatic carbocycles. The molecule has 0 radical (unpaired) electrons. The first-order chi connectivity index (χ1) is 8.98. The zero-order valence-corrected chi connectivity index (χ0v) is 11.4. The van der Waals surface area contributed by atoms with E-state index >= 15 is 0 Å². The average Bonchev–Trinajstić information content (AvgIpc) is 2.37. The molecule has 0 bridgehead atoms. The molecule has 0 amide bonds. The molecular formula is C14H11BrF3N. The Morgan fingerprint density at radius 3 is 2.26 bits per heavy atom. The number of benzene rings is 2. The molecule has 2 rings (SSSR count). The van der Waals surface area contributed by atoms with Gasteiger partial charge in [0, 0.05) is 16.7 Å². The lowest BCUT2D eigenvalue weighted by molar-refractivity contribution is -0.138. The van der Waals surface area contributed by atoms with E-state index in [-0.39, 0.29) is 12.1 Å². The number of nitrogens with one attached hydrogen (secondary N) is 1. The molecule has 0 atom stereocenters. The maximum Gasteiger partial charge on any atom is 0.416 e. The van der Waals surface area contributed by atoms with E-state index in [0.717, 1.165) is 16.2 Å². The van der Waals surface area contributed by atoms with Crippen molar-refractivity contribution in [3.05, 3.63) is 64.1 Å². The number of halogens is 4. The van der Waals surface area contributed by atoms with E-state index in [9.17, 15) is 13.2 Å². The molecular weight excluding hydrogens is 319 g/mol. The van der Waals surface area contributed by atoms with Crippen LogP contribution in [-0.2, 0) is 12.7 Å². The molecule has 0 aromatic heterocycles. The normalized spacial score (nSPS) is 11.4. The number of para-hydroxylation sites is 1. The second-order valence-corrected chi connectivity index (χ2v) is 4.84. The Bertz CT molecular complexity index is 567. The smallest absolute Gasteiger partial charge is 0.380 e. The van der Waals surface area contributed by atoms with Crippen LogP contribution in [0.1, 0.15) is 11.1 Å². The van der Waals surface area contributed by atoms with Crippen LogP contribution in [0.3, 0.4) is 0 Å². The fourth-order valence-corrected chi connectivity index (χ4v) is 2.17. The molecule has 1 nitrogen and oxygen atoms in total. The summed E-state index contributed by atoms with van der Waals surface area (Å²) in [6, 6.07) is 12.9. The van der Waals surface area contributed by atoms with Crippen molar-refractivity contribution in [2.24, 2.45) is 0 Å². The number of anilines is 1. The highest BCUT2D eigenvalue weighted by atomic mass is 79.9. The Morgan fingerprint density at radius 2 is 1.58 bits per heavy atom. The van der Waals surface area contributed by atoms with E-state index < -0.39 is 11.7 Å². The van der Waals surface area contributed by atoms with Gasteiger partial charge >= 0.3 is 6.18 Å². The Kier molecular flexibility index (Phi) is 4.14. The lowest BCUT2D eigenvalue weighted by atomic mass is 10.1. The van der Waals surface area contributed by atoms with E-state index in [1.165, 1.54) is 12.1 Å². The van der Waals surface area contributed by atoms with Crippen molar-refractivity contribution in [3.8, 4) is 0 Å². The standard InChI is InChI=1S/C14H11BrF3N/c15-12-7-3-4-8-13(12)19-9-10-5-1-2-6-11(10)14(16,17)18/h1-8,19H,9H2. The van der Waals surface area contributed by atoms with Crippen molar-refractivity contribution in [1.82, 2.24) is 0 Å². The van der Waals surface area contributed by atoms with Gasteiger partial charge < -0.3 is 5.32 Å². The molecule has 0 saturated heterocycles. The quantitative estimate of drug-likeness (QED) is 0.827. The van der Waals surface area contributed by atoms with Crippen molar-refractivity contribution in [2.45, 2.75) is 12.7 Å². The number of hydrogen-bond acceptors (Lipinski definition) is 1. The van der Waals surface area contributed by atoms with Gasteiger partial charge in [0.05, 0.1) is 5.56 Å². The zero-order valence-electron chi connectivity index (χ0n) is 9.84. The fraction of sp³-hybridized carbons (Fsp3) is 0.143. The summed E-state index contributed by atoms with van der Waals surface area (Å²) in [6.45, 7) is 0.123. The summed E-state index contributed by atoms with van der Waals surface area (Å²) in [5.41, 5.74) is 0.389. The third-order valence-electron chi connectivity index (χ3n) is 2.67. The average molecular weight is 330 g/mol. The van der Waals surface area contributed by atoms with E-state index in [0.29, 0.717) is 0 Å². The van der Waals surface area contributed by atoms with Crippen LogP contribution in [0.2, 0.25) is 0 Å². The second-order valence-electron chi connectivity index (χ2n) is 3.99. The van der Waals surface area contributed by atoms with E-state index in [1.807, 2.05) is 18.2 Å². The molecule has 0 unspecified atom stereocenters. The minimum atomic E-state index is -4.33. The Hall–Kier alpha value is -1.49. The summed E-state index contributed by atoms with van der Waals surface area (Å²) in [4.78, 5) is 0. The molecule has 0 heterocycles. The van der Waals surface area contributed by atoms with Crippen LogP contribution in [0.15, 0.2) is 53.0 Å². The van der Waals surface area contributed by atoms with Crippen molar-refractivity contribution < 1.29 is 13.2 Å². The molecule has 0 spiro atoms. The van der Waals surface area contributed by atoms with Crippen molar-refractivity contribution in [2.75, 3.05) is 5.32 Å². The lowest BCUT2D eigenvalue weighted by Gasteiger charge is -2.14. The van der Waals surface area contributed by atoms with Gasteiger partial charge in [-0.05, 0) is 39.7 Å². The molecule has 100 valence electrons. The largest absolute Gasteiger partial charge is 0.416 e. The molecule has 0 aliphatic heterocycles. The van der Waals surface area contributed by atoms with Crippen molar-refractivity contribution in [3.63, 3.8) is 0 Å². The predicted octanol–water partition coefficient (Wildman–Crippen LogP) is 5.08. The Labute approximate surface area is 117 Å². The van der Waals surface area contributed by atoms with Gasteiger partial charge in [-0.3, -0.25) is 0 Å². The maximum atomic E-state index is 12.8. The highest BCUT2D eigenvalue weighted by Gasteiger charge is 2.32. The summed E-state index contributed by atoms with van der Waals surface area (Å²) < 4.78 is 39.3. The van der Waals surface area contributed by atoms with Crippen LogP contribution in [0, 0.1) is 0 Å². The van der Waals surface area contributed by atoms with Crippen LogP contribution >= 0.6 is 15.9 Å². The molecule has 2 aromatic rings. The van der Waals surface area contributed by atoms with E-state index in [1.54, 1.807) is 12.1 Å². The molecule has 0 aliphatic carbocycles. The maximum absolute atomic E-state index is 12.8. The van der Waals surface area contributed by atoms with Crippen molar-refractivity contribution >= 4 is 21.6 Å². The van der Waals surface area contributed by atoms with Crippen LogP contribution in [0.5, 0.6) is 0 Å². The number of rotatable bonds is 3. The molecule has 0 aliphatic rings. The van der Waals surface area contributed by atoms with Crippen LogP contribution < -0.4 is 5.32 Å². The first-order valence-corrected chi connectivity index (χ1v) is 6.41. The lowest BCUT2D eigenvalue weighted by Crippen LogP contribution is -2.11. The summed E-state index contributed by atoms with van der Waals surface area (Å²) in [5.74, 6) is 0. The predicted molar refractivity (Wildman–Crippen MR) is 72.9 cm³/mol. The first kappa shape index (κ1) is 13.9. The monoisotopic (exact) mass is 329 g/mol. The highest BCUT2D eigenvalue weighted by Crippen LogP contribution is 2.32. The third kappa shape index (κ3) is 3.50. The summed E-state index contributed by atoms with van der Waals surface area (Å²) in [7, 11) is 0. The van der Waals surface area contributed by atoms with Crippen molar-refractivity contribution in [1.29, 1.82) is 0 Å². The zero-order chi connectivity index (χ0) is 13.9. The van der Waals surface area contributed by atoms with Gasteiger partial charge in [-0.25, -0.2) is 0 Å². The van der Waals surface area contributed by atoms with Gasteiger partial charge in [0.15, 0.2) is 0 Å². The van der Waals surface area contributed by atoms with Crippen LogP contribution in [0.25, 0.3) is 0 Å². The van der Waals surface area contributed by atoms with Crippen LogP contribution in [-0.4, -0.2) is 0 Å². The summed E-state index contributed by atoms with van der Waals surface area (Å²) in [5, 5.41) is 2.99. The highest BCUT2D eigenvalue weighted by molar-refractivity contribution is 9.10. The summed E-state index contributed by atoms with van der Waals surface area (Å²) in [6.07, 6.45) is -4.33. The number of hydrogen-bond donors (Lipinski definition) is 1. The Morgan fingerprint density at radius 1 is 0.947 bits per heavy atom. The molecule has 1 N–H and O–H groups in total. The summed E-state index contributed by atoms with van der Waals surface area (Å²) >= 11 is 3.34. The SMILES string of the molecule is FC(F)(F)c1ccccc1CNc1ccccc1Br. The Balaban J connectivity index is 2.19. The first-order valence-electron chi connectivity index (χ1n) is 5.62. The van der Waals surface area contributed by atoms with Gasteiger partial charge in [-0.2, -0.15) is 13.2 Å². The van der Waals surface area contributed by atoms with Gasteiger partial charge in [0.1, 0.15) is 0 Å².